The lowest BCUT2D eigenvalue weighted by Gasteiger charge is -2.07. The van der Waals surface area contributed by atoms with E-state index in [4.69, 9.17) is 0 Å². The van der Waals surface area contributed by atoms with Crippen LogP contribution in [-0.4, -0.2) is 15.9 Å². The SMILES string of the molecule is O=C(NCc1cccnc1)c1sc(-c2ccccc2)nc1C(F)(F)F. The predicted molar refractivity (Wildman–Crippen MR) is 88.0 cm³/mol. The molecule has 0 radical (unpaired) electrons. The van der Waals surface area contributed by atoms with E-state index >= 15 is 0 Å². The summed E-state index contributed by atoms with van der Waals surface area (Å²) < 4.78 is 39.8. The van der Waals surface area contributed by atoms with Crippen molar-refractivity contribution in [3.8, 4) is 10.6 Å². The number of aromatic nitrogens is 2. The van der Waals surface area contributed by atoms with Crippen LogP contribution in [0.1, 0.15) is 20.9 Å². The van der Waals surface area contributed by atoms with Crippen molar-refractivity contribution in [1.82, 2.24) is 15.3 Å². The molecule has 25 heavy (non-hydrogen) atoms. The molecule has 0 aliphatic rings. The first-order valence-corrected chi connectivity index (χ1v) is 8.07. The van der Waals surface area contributed by atoms with Gasteiger partial charge in [-0.15, -0.1) is 11.3 Å². The van der Waals surface area contributed by atoms with Gasteiger partial charge in [0.1, 0.15) is 9.88 Å². The molecule has 1 N–H and O–H groups in total. The molecular formula is C17H12F3N3OS. The Morgan fingerprint density at radius 2 is 1.88 bits per heavy atom. The zero-order chi connectivity index (χ0) is 17.9. The molecule has 0 spiro atoms. The second-order valence-electron chi connectivity index (χ2n) is 5.10. The fourth-order valence-electron chi connectivity index (χ4n) is 2.14. The smallest absolute Gasteiger partial charge is 0.347 e. The molecule has 128 valence electrons. The molecule has 4 nitrogen and oxygen atoms in total. The third kappa shape index (κ3) is 4.03. The molecule has 2 aromatic heterocycles. The van der Waals surface area contributed by atoms with Gasteiger partial charge >= 0.3 is 6.18 Å². The van der Waals surface area contributed by atoms with Crippen LogP contribution in [0.15, 0.2) is 54.9 Å². The number of thiazole rings is 1. The largest absolute Gasteiger partial charge is 0.435 e. The highest BCUT2D eigenvalue weighted by Crippen LogP contribution is 2.37. The molecule has 2 heterocycles. The van der Waals surface area contributed by atoms with E-state index in [1.165, 1.54) is 6.20 Å². The first-order valence-electron chi connectivity index (χ1n) is 7.25. The molecule has 0 atom stereocenters. The Labute approximate surface area is 145 Å². The van der Waals surface area contributed by atoms with Gasteiger partial charge in [-0.25, -0.2) is 4.98 Å². The predicted octanol–water partition coefficient (Wildman–Crippen LogP) is 4.15. The first kappa shape index (κ1) is 17.1. The summed E-state index contributed by atoms with van der Waals surface area (Å²) in [7, 11) is 0. The maximum atomic E-state index is 13.3. The van der Waals surface area contributed by atoms with Gasteiger partial charge in [-0.3, -0.25) is 9.78 Å². The van der Waals surface area contributed by atoms with Crippen LogP contribution in [0.25, 0.3) is 10.6 Å². The Morgan fingerprint density at radius 1 is 1.12 bits per heavy atom. The molecule has 1 amide bonds. The average Bonchev–Trinajstić information content (AvgIpc) is 3.07. The number of hydrogen-bond donors (Lipinski definition) is 1. The third-order valence-electron chi connectivity index (χ3n) is 3.30. The Morgan fingerprint density at radius 3 is 2.52 bits per heavy atom. The highest BCUT2D eigenvalue weighted by atomic mass is 32.1. The molecule has 1 aromatic carbocycles. The zero-order valence-corrected chi connectivity index (χ0v) is 13.6. The van der Waals surface area contributed by atoms with Gasteiger partial charge in [-0.1, -0.05) is 36.4 Å². The molecule has 3 rings (SSSR count). The number of alkyl halides is 3. The van der Waals surface area contributed by atoms with E-state index in [0.29, 0.717) is 11.1 Å². The first-order chi connectivity index (χ1) is 11.9. The highest BCUT2D eigenvalue weighted by Gasteiger charge is 2.39. The van der Waals surface area contributed by atoms with Crippen LogP contribution in [0.2, 0.25) is 0 Å². The van der Waals surface area contributed by atoms with E-state index < -0.39 is 22.7 Å². The number of amides is 1. The molecule has 0 saturated carbocycles. The van der Waals surface area contributed by atoms with E-state index in [1.807, 2.05) is 0 Å². The van der Waals surface area contributed by atoms with Gasteiger partial charge in [0.25, 0.3) is 5.91 Å². The fraction of sp³-hybridized carbons (Fsp3) is 0.118. The summed E-state index contributed by atoms with van der Waals surface area (Å²) in [6, 6.07) is 11.9. The summed E-state index contributed by atoms with van der Waals surface area (Å²) in [5, 5.41) is 2.64. The van der Waals surface area contributed by atoms with Crippen molar-refractivity contribution in [1.29, 1.82) is 0 Å². The Hall–Kier alpha value is -2.74. The second kappa shape index (κ2) is 7.02. The van der Waals surface area contributed by atoms with Gasteiger partial charge in [0.15, 0.2) is 5.69 Å². The van der Waals surface area contributed by atoms with Crippen LogP contribution in [0, 0.1) is 0 Å². The van der Waals surface area contributed by atoms with Crippen LogP contribution in [0.3, 0.4) is 0 Å². The molecule has 0 fully saturated rings. The standard InChI is InChI=1S/C17H12F3N3OS/c18-17(19,20)14-13(15(24)22-10-11-5-4-8-21-9-11)25-16(23-14)12-6-2-1-3-7-12/h1-9H,10H2,(H,22,24). The number of carbonyl (C=O) groups excluding carboxylic acids is 1. The third-order valence-corrected chi connectivity index (χ3v) is 4.40. The molecule has 3 aromatic rings. The molecular weight excluding hydrogens is 351 g/mol. The fourth-order valence-corrected chi connectivity index (χ4v) is 3.14. The van der Waals surface area contributed by atoms with Crippen LogP contribution in [-0.2, 0) is 12.7 Å². The normalized spacial score (nSPS) is 11.3. The Bertz CT molecular complexity index is 864. The summed E-state index contributed by atoms with van der Waals surface area (Å²) in [5.74, 6) is -0.809. The number of halogens is 3. The minimum absolute atomic E-state index is 0.0859. The van der Waals surface area contributed by atoms with Crippen molar-refractivity contribution >= 4 is 17.2 Å². The van der Waals surface area contributed by atoms with Crippen molar-refractivity contribution in [3.63, 3.8) is 0 Å². The van der Waals surface area contributed by atoms with Crippen molar-refractivity contribution in [2.24, 2.45) is 0 Å². The molecule has 0 bridgehead atoms. The average molecular weight is 363 g/mol. The molecule has 0 aliphatic carbocycles. The number of pyridine rings is 1. The van der Waals surface area contributed by atoms with Crippen molar-refractivity contribution in [2.75, 3.05) is 0 Å². The summed E-state index contributed by atoms with van der Waals surface area (Å²) in [4.78, 5) is 19.4. The Balaban J connectivity index is 1.88. The van der Waals surface area contributed by atoms with Gasteiger partial charge in [0.05, 0.1) is 0 Å². The van der Waals surface area contributed by atoms with Crippen LogP contribution in [0.5, 0.6) is 0 Å². The van der Waals surface area contributed by atoms with Crippen LogP contribution >= 0.6 is 11.3 Å². The van der Waals surface area contributed by atoms with Gasteiger partial charge < -0.3 is 5.32 Å². The minimum atomic E-state index is -4.70. The van der Waals surface area contributed by atoms with E-state index in [2.05, 4.69) is 15.3 Å². The van der Waals surface area contributed by atoms with E-state index in [9.17, 15) is 18.0 Å². The minimum Gasteiger partial charge on any atom is -0.347 e. The van der Waals surface area contributed by atoms with Crippen molar-refractivity contribution in [3.05, 3.63) is 71.0 Å². The van der Waals surface area contributed by atoms with Crippen molar-refractivity contribution in [2.45, 2.75) is 12.7 Å². The number of benzene rings is 1. The number of nitrogens with zero attached hydrogens (tertiary/aromatic N) is 2. The molecule has 8 heteroatoms. The number of carbonyl (C=O) groups is 1. The topological polar surface area (TPSA) is 54.9 Å². The Kier molecular flexibility index (Phi) is 4.80. The lowest BCUT2D eigenvalue weighted by atomic mass is 10.2. The monoisotopic (exact) mass is 363 g/mol. The number of rotatable bonds is 4. The second-order valence-corrected chi connectivity index (χ2v) is 6.10. The molecule has 0 saturated heterocycles. The zero-order valence-electron chi connectivity index (χ0n) is 12.7. The van der Waals surface area contributed by atoms with E-state index in [0.717, 1.165) is 11.3 Å². The maximum Gasteiger partial charge on any atom is 0.435 e. The van der Waals surface area contributed by atoms with Crippen LogP contribution in [0.4, 0.5) is 13.2 Å². The number of nitrogens with one attached hydrogen (secondary N) is 1. The highest BCUT2D eigenvalue weighted by molar-refractivity contribution is 7.17. The van der Waals surface area contributed by atoms with Gasteiger partial charge in [0.2, 0.25) is 0 Å². The molecule has 0 unspecified atom stereocenters. The molecule has 0 aliphatic heterocycles. The quantitative estimate of drug-likeness (QED) is 0.757. The van der Waals surface area contributed by atoms with Gasteiger partial charge in [0, 0.05) is 24.5 Å². The van der Waals surface area contributed by atoms with Gasteiger partial charge in [-0.2, -0.15) is 13.2 Å². The maximum absolute atomic E-state index is 13.3. The summed E-state index contributed by atoms with van der Waals surface area (Å²) in [6.45, 7) is 0.0859. The lowest BCUT2D eigenvalue weighted by molar-refractivity contribution is -0.141. The van der Waals surface area contributed by atoms with Crippen LogP contribution < -0.4 is 5.32 Å². The summed E-state index contributed by atoms with van der Waals surface area (Å²) in [6.07, 6.45) is -1.60. The van der Waals surface area contributed by atoms with E-state index in [1.54, 1.807) is 48.7 Å². The van der Waals surface area contributed by atoms with E-state index in [-0.39, 0.29) is 11.6 Å². The lowest BCUT2D eigenvalue weighted by Crippen LogP contribution is -2.24. The number of hydrogen-bond acceptors (Lipinski definition) is 4. The van der Waals surface area contributed by atoms with Gasteiger partial charge in [-0.05, 0) is 11.6 Å². The van der Waals surface area contributed by atoms with Crippen molar-refractivity contribution < 1.29 is 18.0 Å². The summed E-state index contributed by atoms with van der Waals surface area (Å²) >= 11 is 0.724. The summed E-state index contributed by atoms with van der Waals surface area (Å²) in [5.41, 5.74) is 0.0570.